The summed E-state index contributed by atoms with van der Waals surface area (Å²) in [6, 6.07) is -0.390. The molecule has 0 saturated heterocycles. The molecule has 0 aromatic heterocycles. The molecule has 0 radical (unpaired) electrons. The van der Waals surface area contributed by atoms with Crippen LogP contribution in [-0.4, -0.2) is 30.4 Å². The highest BCUT2D eigenvalue weighted by Crippen LogP contribution is 2.26. The topological polar surface area (TPSA) is 46.3 Å². The Hall–Kier alpha value is -0.570. The number of hydrogen-bond donors (Lipinski definition) is 1. The van der Waals surface area contributed by atoms with Gasteiger partial charge in [-0.1, -0.05) is 33.6 Å². The van der Waals surface area contributed by atoms with E-state index < -0.39 is 0 Å². The van der Waals surface area contributed by atoms with Gasteiger partial charge in [0.05, 0.1) is 6.04 Å². The molecule has 1 saturated carbocycles. The van der Waals surface area contributed by atoms with Crippen molar-refractivity contribution in [3.05, 3.63) is 0 Å². The zero-order chi connectivity index (χ0) is 12.3. The van der Waals surface area contributed by atoms with E-state index >= 15 is 0 Å². The molecule has 16 heavy (non-hydrogen) atoms. The van der Waals surface area contributed by atoms with Crippen LogP contribution in [0.1, 0.15) is 46.5 Å². The van der Waals surface area contributed by atoms with E-state index in [1.165, 1.54) is 25.7 Å². The van der Waals surface area contributed by atoms with Gasteiger partial charge in [-0.05, 0) is 24.2 Å². The molecule has 1 aliphatic carbocycles. The fourth-order valence-electron chi connectivity index (χ4n) is 2.28. The lowest BCUT2D eigenvalue weighted by atomic mass is 9.86. The summed E-state index contributed by atoms with van der Waals surface area (Å²) in [6.45, 7) is 6.92. The quantitative estimate of drug-likeness (QED) is 0.800. The van der Waals surface area contributed by atoms with Crippen LogP contribution in [0.5, 0.6) is 0 Å². The Labute approximate surface area is 99.4 Å². The Morgan fingerprint density at radius 2 is 1.88 bits per heavy atom. The molecular weight excluding hydrogens is 200 g/mol. The van der Waals surface area contributed by atoms with Crippen molar-refractivity contribution < 1.29 is 4.79 Å². The Balaban J connectivity index is 2.46. The summed E-state index contributed by atoms with van der Waals surface area (Å²) in [5.41, 5.74) is 5.83. The second-order valence-electron chi connectivity index (χ2n) is 6.21. The first-order valence-electron chi connectivity index (χ1n) is 6.33. The van der Waals surface area contributed by atoms with Crippen LogP contribution in [0.15, 0.2) is 0 Å². The van der Waals surface area contributed by atoms with Gasteiger partial charge in [-0.25, -0.2) is 0 Å². The Morgan fingerprint density at radius 1 is 1.38 bits per heavy atom. The molecule has 94 valence electrons. The molecule has 3 heteroatoms. The predicted octanol–water partition coefficient (Wildman–Crippen LogP) is 2.01. The summed E-state index contributed by atoms with van der Waals surface area (Å²) in [6.07, 6.45) is 5.17. The minimum atomic E-state index is -0.390. The van der Waals surface area contributed by atoms with Gasteiger partial charge in [-0.2, -0.15) is 0 Å². The van der Waals surface area contributed by atoms with E-state index in [-0.39, 0.29) is 17.4 Å². The average molecular weight is 226 g/mol. The highest BCUT2D eigenvalue weighted by atomic mass is 16.2. The van der Waals surface area contributed by atoms with Crippen LogP contribution in [0, 0.1) is 11.3 Å². The molecule has 0 aliphatic heterocycles. The van der Waals surface area contributed by atoms with Crippen LogP contribution in [0.2, 0.25) is 0 Å². The van der Waals surface area contributed by atoms with Gasteiger partial charge < -0.3 is 10.6 Å². The minimum absolute atomic E-state index is 0.0828. The van der Waals surface area contributed by atoms with Gasteiger partial charge in [0.15, 0.2) is 0 Å². The van der Waals surface area contributed by atoms with Gasteiger partial charge in [-0.15, -0.1) is 0 Å². The zero-order valence-electron chi connectivity index (χ0n) is 11.1. The van der Waals surface area contributed by atoms with Gasteiger partial charge in [0.1, 0.15) is 0 Å². The third kappa shape index (κ3) is 3.48. The number of carbonyl (C=O) groups excluding carboxylic acids is 1. The summed E-state index contributed by atoms with van der Waals surface area (Å²) in [5, 5.41) is 0. The molecule has 1 atom stereocenters. The van der Waals surface area contributed by atoms with Crippen LogP contribution in [0.25, 0.3) is 0 Å². The molecule has 0 unspecified atom stereocenters. The van der Waals surface area contributed by atoms with E-state index in [0.717, 1.165) is 6.54 Å². The lowest BCUT2D eigenvalue weighted by Gasteiger charge is -2.31. The van der Waals surface area contributed by atoms with Crippen LogP contribution >= 0.6 is 0 Å². The molecule has 1 fully saturated rings. The monoisotopic (exact) mass is 226 g/mol. The maximum absolute atomic E-state index is 12.1. The lowest BCUT2D eigenvalue weighted by Crippen LogP contribution is -2.50. The smallest absolute Gasteiger partial charge is 0.239 e. The number of carbonyl (C=O) groups is 1. The molecule has 0 bridgehead atoms. The fourth-order valence-corrected chi connectivity index (χ4v) is 2.28. The van der Waals surface area contributed by atoms with Crippen molar-refractivity contribution in [1.29, 1.82) is 0 Å². The molecule has 3 nitrogen and oxygen atoms in total. The Kier molecular flexibility index (Phi) is 4.36. The minimum Gasteiger partial charge on any atom is -0.344 e. The standard InChI is InChI=1S/C13H26N2O/c1-13(2,3)11(14)12(16)15(4)9-10-7-5-6-8-10/h10-11H,5-9,14H2,1-4H3/t11-/m0/s1. The number of nitrogens with zero attached hydrogens (tertiary/aromatic N) is 1. The predicted molar refractivity (Wildman–Crippen MR) is 67.0 cm³/mol. The Morgan fingerprint density at radius 3 is 2.31 bits per heavy atom. The third-order valence-electron chi connectivity index (χ3n) is 3.58. The maximum atomic E-state index is 12.1. The first kappa shape index (κ1) is 13.5. The molecule has 2 N–H and O–H groups in total. The van der Waals surface area contributed by atoms with Crippen molar-refractivity contribution in [1.82, 2.24) is 4.90 Å². The summed E-state index contributed by atoms with van der Waals surface area (Å²) < 4.78 is 0. The van der Waals surface area contributed by atoms with Gasteiger partial charge in [0.2, 0.25) is 5.91 Å². The highest BCUT2D eigenvalue weighted by molar-refractivity contribution is 5.82. The second kappa shape index (κ2) is 5.17. The zero-order valence-corrected chi connectivity index (χ0v) is 11.1. The number of rotatable bonds is 3. The normalized spacial score (nSPS) is 19.8. The lowest BCUT2D eigenvalue weighted by molar-refractivity contribution is -0.134. The number of hydrogen-bond acceptors (Lipinski definition) is 2. The van der Waals surface area contributed by atoms with E-state index in [1.807, 2.05) is 32.7 Å². The van der Waals surface area contributed by atoms with Crippen molar-refractivity contribution in [3.8, 4) is 0 Å². The summed E-state index contributed by atoms with van der Waals surface area (Å²) >= 11 is 0. The number of amides is 1. The van der Waals surface area contributed by atoms with E-state index in [0.29, 0.717) is 5.92 Å². The summed E-state index contributed by atoms with van der Waals surface area (Å²) in [7, 11) is 1.88. The van der Waals surface area contributed by atoms with Crippen molar-refractivity contribution in [2.45, 2.75) is 52.5 Å². The first-order valence-corrected chi connectivity index (χ1v) is 6.33. The molecule has 0 spiro atoms. The molecule has 0 heterocycles. The van der Waals surface area contributed by atoms with Gasteiger partial charge >= 0.3 is 0 Å². The number of likely N-dealkylation sites (N-methyl/N-ethyl adjacent to an activating group) is 1. The van der Waals surface area contributed by atoms with E-state index in [9.17, 15) is 4.79 Å². The van der Waals surface area contributed by atoms with Crippen molar-refractivity contribution >= 4 is 5.91 Å². The van der Waals surface area contributed by atoms with Crippen molar-refractivity contribution in [2.75, 3.05) is 13.6 Å². The second-order valence-corrected chi connectivity index (χ2v) is 6.21. The van der Waals surface area contributed by atoms with Crippen LogP contribution < -0.4 is 5.73 Å². The fraction of sp³-hybridized carbons (Fsp3) is 0.923. The molecule has 1 amide bonds. The van der Waals surface area contributed by atoms with Crippen LogP contribution in [0.3, 0.4) is 0 Å². The summed E-state index contributed by atoms with van der Waals surface area (Å²) in [5.74, 6) is 0.778. The van der Waals surface area contributed by atoms with Crippen molar-refractivity contribution in [2.24, 2.45) is 17.1 Å². The van der Waals surface area contributed by atoms with E-state index in [4.69, 9.17) is 5.73 Å². The molecular formula is C13H26N2O. The maximum Gasteiger partial charge on any atom is 0.239 e. The molecule has 1 rings (SSSR count). The summed E-state index contributed by atoms with van der Waals surface area (Å²) in [4.78, 5) is 13.9. The molecule has 0 aromatic rings. The third-order valence-corrected chi connectivity index (χ3v) is 3.58. The Bertz CT molecular complexity index is 239. The molecule has 1 aliphatic rings. The van der Waals surface area contributed by atoms with Crippen LogP contribution in [-0.2, 0) is 4.79 Å². The van der Waals surface area contributed by atoms with Gasteiger partial charge in [-0.3, -0.25) is 4.79 Å². The highest BCUT2D eigenvalue weighted by Gasteiger charge is 2.30. The first-order chi connectivity index (χ1) is 7.32. The average Bonchev–Trinajstić information content (AvgIpc) is 2.66. The van der Waals surface area contributed by atoms with Crippen LogP contribution in [0.4, 0.5) is 0 Å². The van der Waals surface area contributed by atoms with Gasteiger partial charge in [0.25, 0.3) is 0 Å². The number of nitrogens with two attached hydrogens (primary N) is 1. The molecule has 0 aromatic carbocycles. The largest absolute Gasteiger partial charge is 0.344 e. The SMILES string of the molecule is CN(CC1CCCC1)C(=O)[C@H](N)C(C)(C)C. The van der Waals surface area contributed by atoms with E-state index in [2.05, 4.69) is 0 Å². The van der Waals surface area contributed by atoms with Crippen molar-refractivity contribution in [3.63, 3.8) is 0 Å². The van der Waals surface area contributed by atoms with Gasteiger partial charge in [0, 0.05) is 13.6 Å². The van der Waals surface area contributed by atoms with E-state index in [1.54, 1.807) is 0 Å².